The number of halogens is 4. The van der Waals surface area contributed by atoms with Gasteiger partial charge in [-0.05, 0) is 71.8 Å². The number of anilines is 1. The molecule has 0 aliphatic carbocycles. The quantitative estimate of drug-likeness (QED) is 0.412. The third-order valence-electron chi connectivity index (χ3n) is 3.09. The molecular formula is C15H13Cl3IN. The van der Waals surface area contributed by atoms with Crippen LogP contribution in [0.15, 0.2) is 30.3 Å². The van der Waals surface area contributed by atoms with Crippen molar-refractivity contribution in [2.45, 2.75) is 19.9 Å². The third kappa shape index (κ3) is 3.53. The Balaban J connectivity index is 2.28. The van der Waals surface area contributed by atoms with Gasteiger partial charge in [0.05, 0.1) is 21.1 Å². The van der Waals surface area contributed by atoms with Gasteiger partial charge in [-0.25, -0.2) is 0 Å². The van der Waals surface area contributed by atoms with Crippen LogP contribution in [0.4, 0.5) is 5.69 Å². The zero-order chi connectivity index (χ0) is 14.9. The van der Waals surface area contributed by atoms with Gasteiger partial charge in [-0.3, -0.25) is 0 Å². The third-order valence-corrected chi connectivity index (χ3v) is 5.07. The highest BCUT2D eigenvalue weighted by Crippen LogP contribution is 2.36. The molecule has 0 aliphatic rings. The average molecular weight is 441 g/mol. The molecule has 0 fully saturated rings. The summed E-state index contributed by atoms with van der Waals surface area (Å²) in [6, 6.07) is 9.97. The first-order valence-electron chi connectivity index (χ1n) is 6.06. The Bertz CT molecular complexity index is 643. The lowest BCUT2D eigenvalue weighted by Crippen LogP contribution is -2.08. The molecule has 1 atom stereocenters. The normalized spacial score (nSPS) is 12.3. The maximum atomic E-state index is 6.27. The van der Waals surface area contributed by atoms with Crippen molar-refractivity contribution < 1.29 is 0 Å². The van der Waals surface area contributed by atoms with Crippen molar-refractivity contribution in [2.24, 2.45) is 0 Å². The van der Waals surface area contributed by atoms with Gasteiger partial charge >= 0.3 is 0 Å². The molecule has 0 bridgehead atoms. The van der Waals surface area contributed by atoms with Crippen LogP contribution in [0.2, 0.25) is 15.1 Å². The molecule has 2 aromatic rings. The van der Waals surface area contributed by atoms with Crippen LogP contribution in [-0.4, -0.2) is 0 Å². The zero-order valence-corrected chi connectivity index (χ0v) is 15.4. The van der Waals surface area contributed by atoms with Crippen LogP contribution >= 0.6 is 57.4 Å². The summed E-state index contributed by atoms with van der Waals surface area (Å²) in [6.45, 7) is 4.12. The molecule has 2 rings (SSSR count). The average Bonchev–Trinajstić information content (AvgIpc) is 2.39. The van der Waals surface area contributed by atoms with Crippen LogP contribution in [-0.2, 0) is 0 Å². The van der Waals surface area contributed by atoms with Crippen LogP contribution in [0.5, 0.6) is 0 Å². The standard InChI is InChI=1S/C15H13Cl3IN/c1-8-7-10(19)3-6-13(8)20-9(2)11-4-5-12(16)15(18)14(11)17/h3-7,9,20H,1-2H3. The number of hydrogen-bond acceptors (Lipinski definition) is 1. The fourth-order valence-corrected chi connectivity index (χ4v) is 3.33. The Morgan fingerprint density at radius 2 is 1.75 bits per heavy atom. The first kappa shape index (κ1) is 16.2. The molecule has 0 saturated carbocycles. The van der Waals surface area contributed by atoms with E-state index in [4.69, 9.17) is 34.8 Å². The summed E-state index contributed by atoms with van der Waals surface area (Å²) >= 11 is 20.6. The molecule has 0 radical (unpaired) electrons. The fraction of sp³-hybridized carbons (Fsp3) is 0.200. The maximum absolute atomic E-state index is 6.27. The second-order valence-electron chi connectivity index (χ2n) is 4.59. The van der Waals surface area contributed by atoms with E-state index in [1.165, 1.54) is 9.13 Å². The summed E-state index contributed by atoms with van der Waals surface area (Å²) in [6.07, 6.45) is 0. The number of hydrogen-bond donors (Lipinski definition) is 1. The second-order valence-corrected chi connectivity index (χ2v) is 7.00. The lowest BCUT2D eigenvalue weighted by molar-refractivity contribution is 0.883. The van der Waals surface area contributed by atoms with Crippen molar-refractivity contribution in [3.05, 3.63) is 60.1 Å². The Kier molecular flexibility index (Phi) is 5.46. The Morgan fingerprint density at radius 3 is 2.40 bits per heavy atom. The minimum Gasteiger partial charge on any atom is -0.378 e. The smallest absolute Gasteiger partial charge is 0.0782 e. The van der Waals surface area contributed by atoms with Crippen molar-refractivity contribution in [2.75, 3.05) is 5.32 Å². The Hall–Kier alpha value is -0.160. The topological polar surface area (TPSA) is 12.0 Å². The highest BCUT2D eigenvalue weighted by Gasteiger charge is 2.15. The van der Waals surface area contributed by atoms with Crippen molar-refractivity contribution in [3.63, 3.8) is 0 Å². The largest absolute Gasteiger partial charge is 0.378 e. The van der Waals surface area contributed by atoms with E-state index < -0.39 is 0 Å². The summed E-state index contributed by atoms with van der Waals surface area (Å²) in [5.74, 6) is 0. The van der Waals surface area contributed by atoms with Crippen LogP contribution in [0.1, 0.15) is 24.1 Å². The molecule has 1 unspecified atom stereocenters. The molecule has 2 aromatic carbocycles. The van der Waals surface area contributed by atoms with Crippen molar-refractivity contribution in [1.29, 1.82) is 0 Å². The summed E-state index contributed by atoms with van der Waals surface area (Å²) < 4.78 is 1.21. The zero-order valence-electron chi connectivity index (χ0n) is 11.0. The maximum Gasteiger partial charge on any atom is 0.0782 e. The lowest BCUT2D eigenvalue weighted by Gasteiger charge is -2.19. The molecule has 0 spiro atoms. The van der Waals surface area contributed by atoms with Gasteiger partial charge in [0.25, 0.3) is 0 Å². The van der Waals surface area contributed by atoms with Crippen LogP contribution in [0.25, 0.3) is 0 Å². The first-order valence-corrected chi connectivity index (χ1v) is 8.27. The summed E-state index contributed by atoms with van der Waals surface area (Å²) in [5.41, 5.74) is 3.21. The predicted molar refractivity (Wildman–Crippen MR) is 97.4 cm³/mol. The van der Waals surface area contributed by atoms with Crippen molar-refractivity contribution in [3.8, 4) is 0 Å². The van der Waals surface area contributed by atoms with Gasteiger partial charge in [-0.15, -0.1) is 0 Å². The van der Waals surface area contributed by atoms with Gasteiger partial charge in [-0.1, -0.05) is 40.9 Å². The monoisotopic (exact) mass is 439 g/mol. The molecule has 1 N–H and O–H groups in total. The minimum absolute atomic E-state index is 0.0380. The number of rotatable bonds is 3. The van der Waals surface area contributed by atoms with E-state index in [-0.39, 0.29) is 6.04 Å². The lowest BCUT2D eigenvalue weighted by atomic mass is 10.1. The molecule has 0 amide bonds. The number of aryl methyl sites for hydroxylation is 1. The summed E-state index contributed by atoms with van der Waals surface area (Å²) in [5, 5.41) is 4.83. The van der Waals surface area contributed by atoms with E-state index in [9.17, 15) is 0 Å². The SMILES string of the molecule is Cc1cc(I)ccc1NC(C)c1ccc(Cl)c(Cl)c1Cl. The number of nitrogens with one attached hydrogen (secondary N) is 1. The summed E-state index contributed by atoms with van der Waals surface area (Å²) in [7, 11) is 0. The van der Waals surface area contributed by atoms with E-state index in [0.717, 1.165) is 11.3 Å². The van der Waals surface area contributed by atoms with Gasteiger partial charge in [0.15, 0.2) is 0 Å². The molecule has 0 saturated heterocycles. The van der Waals surface area contributed by atoms with E-state index in [0.29, 0.717) is 15.1 Å². The number of benzene rings is 2. The molecule has 0 aliphatic heterocycles. The van der Waals surface area contributed by atoms with Gasteiger partial charge in [0, 0.05) is 9.26 Å². The molecule has 1 nitrogen and oxygen atoms in total. The van der Waals surface area contributed by atoms with Crippen LogP contribution in [0.3, 0.4) is 0 Å². The van der Waals surface area contributed by atoms with E-state index >= 15 is 0 Å². The van der Waals surface area contributed by atoms with Crippen LogP contribution < -0.4 is 5.32 Å². The molecule has 5 heteroatoms. The van der Waals surface area contributed by atoms with E-state index in [1.807, 2.05) is 13.0 Å². The second kappa shape index (κ2) is 6.73. The highest BCUT2D eigenvalue weighted by atomic mass is 127. The first-order chi connectivity index (χ1) is 9.40. The predicted octanol–water partition coefficient (Wildman–Crippen LogP) is 6.73. The molecule has 0 heterocycles. The molecular weight excluding hydrogens is 427 g/mol. The van der Waals surface area contributed by atoms with Gasteiger partial charge in [-0.2, -0.15) is 0 Å². The van der Waals surface area contributed by atoms with E-state index in [1.54, 1.807) is 6.07 Å². The fourth-order valence-electron chi connectivity index (χ4n) is 1.98. The van der Waals surface area contributed by atoms with Gasteiger partial charge < -0.3 is 5.32 Å². The highest BCUT2D eigenvalue weighted by molar-refractivity contribution is 14.1. The van der Waals surface area contributed by atoms with Crippen molar-refractivity contribution in [1.82, 2.24) is 0 Å². The minimum atomic E-state index is 0.0380. The van der Waals surface area contributed by atoms with Crippen LogP contribution in [0, 0.1) is 10.5 Å². The van der Waals surface area contributed by atoms with E-state index in [2.05, 4.69) is 53.0 Å². The summed E-state index contributed by atoms with van der Waals surface area (Å²) in [4.78, 5) is 0. The Labute approximate surface area is 147 Å². The van der Waals surface area contributed by atoms with Gasteiger partial charge in [0.2, 0.25) is 0 Å². The van der Waals surface area contributed by atoms with Crippen molar-refractivity contribution >= 4 is 63.1 Å². The van der Waals surface area contributed by atoms with Gasteiger partial charge in [0.1, 0.15) is 0 Å². The molecule has 106 valence electrons. The Morgan fingerprint density at radius 1 is 1.05 bits per heavy atom. The molecule has 20 heavy (non-hydrogen) atoms. The molecule has 0 aromatic heterocycles.